The molecule has 0 bridgehead atoms. The number of carbonyl (C=O) groups excluding carboxylic acids is 1. The van der Waals surface area contributed by atoms with Gasteiger partial charge < -0.3 is 15.2 Å². The summed E-state index contributed by atoms with van der Waals surface area (Å²) in [6.07, 6.45) is 1.88. The van der Waals surface area contributed by atoms with E-state index in [-0.39, 0.29) is 5.69 Å². The van der Waals surface area contributed by atoms with Crippen LogP contribution in [0.15, 0.2) is 0 Å². The van der Waals surface area contributed by atoms with Gasteiger partial charge in [-0.3, -0.25) is 0 Å². The van der Waals surface area contributed by atoms with Gasteiger partial charge in [0.05, 0.1) is 11.6 Å². The average molecular weight is 256 g/mol. The average Bonchev–Trinajstić information content (AvgIpc) is 2.73. The van der Waals surface area contributed by atoms with Crippen LogP contribution in [0.4, 0.5) is 5.00 Å². The summed E-state index contributed by atoms with van der Waals surface area (Å²) in [7, 11) is 0. The minimum atomic E-state index is -0.431. The minimum Gasteiger partial charge on any atom is -0.461 e. The molecule has 2 heterocycles. The highest BCUT2D eigenvalue weighted by Gasteiger charge is 2.24. The zero-order chi connectivity index (χ0) is 12.3. The lowest BCUT2D eigenvalue weighted by atomic mass is 10.0. The van der Waals surface area contributed by atoms with Crippen molar-refractivity contribution in [1.29, 1.82) is 0 Å². The smallest absolute Gasteiger partial charge is 0.360 e. The Labute approximate surface area is 104 Å². The molecule has 0 atom stereocenters. The summed E-state index contributed by atoms with van der Waals surface area (Å²) in [5.74, 6) is -0.0706. The van der Waals surface area contributed by atoms with Gasteiger partial charge in [0.1, 0.15) is 5.00 Å². The Hall–Kier alpha value is -1.14. The van der Waals surface area contributed by atoms with Crippen molar-refractivity contribution in [3.8, 4) is 0 Å². The number of nitrogen functional groups attached to an aromatic ring is 1. The van der Waals surface area contributed by atoms with E-state index in [2.05, 4.69) is 4.98 Å². The third-order valence-electron chi connectivity index (χ3n) is 2.71. The normalized spacial score (nSPS) is 17.0. The number of ether oxygens (including phenoxy) is 2. The molecular formula is C11H16N2O3S. The van der Waals surface area contributed by atoms with Crippen LogP contribution in [0.3, 0.4) is 0 Å². The van der Waals surface area contributed by atoms with Gasteiger partial charge >= 0.3 is 5.97 Å². The van der Waals surface area contributed by atoms with Gasteiger partial charge in [-0.15, -0.1) is 11.3 Å². The van der Waals surface area contributed by atoms with E-state index in [1.54, 1.807) is 6.92 Å². The highest BCUT2D eigenvalue weighted by molar-refractivity contribution is 7.16. The van der Waals surface area contributed by atoms with E-state index in [0.717, 1.165) is 31.1 Å². The van der Waals surface area contributed by atoms with Crippen LogP contribution in [0.2, 0.25) is 0 Å². The highest BCUT2D eigenvalue weighted by atomic mass is 32.1. The fraction of sp³-hybridized carbons (Fsp3) is 0.636. The predicted octanol–water partition coefficient (Wildman–Crippen LogP) is 1.80. The molecule has 0 aromatic carbocycles. The Morgan fingerprint density at radius 2 is 2.29 bits per heavy atom. The second-order valence-corrected chi connectivity index (χ2v) is 4.93. The third-order valence-corrected chi connectivity index (χ3v) is 3.76. The number of carbonyl (C=O) groups is 1. The maximum absolute atomic E-state index is 11.6. The molecule has 0 radical (unpaired) electrons. The largest absolute Gasteiger partial charge is 0.461 e. The van der Waals surface area contributed by atoms with E-state index in [9.17, 15) is 4.79 Å². The van der Waals surface area contributed by atoms with E-state index in [0.29, 0.717) is 17.5 Å². The summed E-state index contributed by atoms with van der Waals surface area (Å²) in [5.41, 5.74) is 6.07. The Kier molecular flexibility index (Phi) is 3.96. The molecule has 1 aromatic heterocycles. The fourth-order valence-electron chi connectivity index (χ4n) is 1.81. The monoisotopic (exact) mass is 256 g/mol. The maximum Gasteiger partial charge on any atom is 0.360 e. The number of thiazole rings is 1. The van der Waals surface area contributed by atoms with Crippen molar-refractivity contribution >= 4 is 22.3 Å². The fourth-order valence-corrected chi connectivity index (χ4v) is 2.80. The Morgan fingerprint density at radius 3 is 2.94 bits per heavy atom. The first-order valence-electron chi connectivity index (χ1n) is 5.73. The van der Waals surface area contributed by atoms with Crippen molar-refractivity contribution < 1.29 is 14.3 Å². The number of rotatable bonds is 3. The van der Waals surface area contributed by atoms with Crippen LogP contribution in [-0.2, 0) is 9.47 Å². The zero-order valence-electron chi connectivity index (χ0n) is 9.77. The lowest BCUT2D eigenvalue weighted by Gasteiger charge is -2.19. The van der Waals surface area contributed by atoms with Gasteiger partial charge in [-0.1, -0.05) is 0 Å². The van der Waals surface area contributed by atoms with Crippen molar-refractivity contribution in [2.24, 2.45) is 0 Å². The van der Waals surface area contributed by atoms with Crippen LogP contribution >= 0.6 is 11.3 Å². The number of nitrogens with two attached hydrogens (primary N) is 1. The van der Waals surface area contributed by atoms with Crippen molar-refractivity contribution in [3.05, 3.63) is 10.7 Å². The van der Waals surface area contributed by atoms with Crippen molar-refractivity contribution in [3.63, 3.8) is 0 Å². The standard InChI is InChI=1S/C11H16N2O3S/c1-2-16-11(14)8-9(12)17-10(13-8)7-3-5-15-6-4-7/h7H,2-6,12H2,1H3. The molecule has 0 saturated carbocycles. The van der Waals surface area contributed by atoms with Crippen LogP contribution in [0, 0.1) is 0 Å². The van der Waals surface area contributed by atoms with Gasteiger partial charge in [-0.25, -0.2) is 9.78 Å². The molecule has 0 unspecified atom stereocenters. The Bertz CT molecular complexity index is 399. The molecule has 6 heteroatoms. The van der Waals surface area contributed by atoms with E-state index < -0.39 is 5.97 Å². The Morgan fingerprint density at radius 1 is 1.59 bits per heavy atom. The molecule has 17 heavy (non-hydrogen) atoms. The van der Waals surface area contributed by atoms with Crippen LogP contribution in [0.25, 0.3) is 0 Å². The SMILES string of the molecule is CCOC(=O)c1nc(C2CCOCC2)sc1N. The van der Waals surface area contributed by atoms with Gasteiger partial charge in [-0.05, 0) is 19.8 Å². The van der Waals surface area contributed by atoms with Crippen LogP contribution in [0.1, 0.15) is 41.2 Å². The number of nitrogens with zero attached hydrogens (tertiary/aromatic N) is 1. The summed E-state index contributed by atoms with van der Waals surface area (Å²) in [6.45, 7) is 3.60. The molecule has 1 fully saturated rings. The number of anilines is 1. The van der Waals surface area contributed by atoms with Crippen molar-refractivity contribution in [2.45, 2.75) is 25.7 Å². The predicted molar refractivity (Wildman–Crippen MR) is 65.3 cm³/mol. The molecule has 1 aliphatic heterocycles. The van der Waals surface area contributed by atoms with Gasteiger partial charge in [0.15, 0.2) is 5.69 Å². The second-order valence-electron chi connectivity index (χ2n) is 3.87. The number of aromatic nitrogens is 1. The quantitative estimate of drug-likeness (QED) is 0.835. The molecule has 5 nitrogen and oxygen atoms in total. The topological polar surface area (TPSA) is 74.4 Å². The van der Waals surface area contributed by atoms with Crippen molar-refractivity contribution in [1.82, 2.24) is 4.98 Å². The summed E-state index contributed by atoms with van der Waals surface area (Å²) in [6, 6.07) is 0. The third kappa shape index (κ3) is 2.76. The lowest BCUT2D eigenvalue weighted by Crippen LogP contribution is -2.14. The van der Waals surface area contributed by atoms with E-state index in [4.69, 9.17) is 15.2 Å². The molecule has 2 N–H and O–H groups in total. The highest BCUT2D eigenvalue weighted by Crippen LogP contribution is 2.33. The molecule has 0 spiro atoms. The first-order chi connectivity index (χ1) is 8.22. The molecule has 1 aliphatic rings. The van der Waals surface area contributed by atoms with Crippen LogP contribution in [0.5, 0.6) is 0 Å². The van der Waals surface area contributed by atoms with Crippen LogP contribution in [-0.4, -0.2) is 30.8 Å². The van der Waals surface area contributed by atoms with E-state index in [1.165, 1.54) is 11.3 Å². The van der Waals surface area contributed by atoms with E-state index >= 15 is 0 Å². The maximum atomic E-state index is 11.6. The first kappa shape index (κ1) is 12.3. The van der Waals surface area contributed by atoms with E-state index in [1.807, 2.05) is 0 Å². The molecule has 0 aliphatic carbocycles. The number of hydrogen-bond donors (Lipinski definition) is 1. The van der Waals surface area contributed by atoms with Gasteiger partial charge in [-0.2, -0.15) is 0 Å². The summed E-state index contributed by atoms with van der Waals surface area (Å²) in [5, 5.41) is 1.37. The first-order valence-corrected chi connectivity index (χ1v) is 6.55. The summed E-state index contributed by atoms with van der Waals surface area (Å²) >= 11 is 1.39. The number of esters is 1. The lowest BCUT2D eigenvalue weighted by molar-refractivity contribution is 0.0521. The Balaban J connectivity index is 2.14. The molecular weight excluding hydrogens is 240 g/mol. The second kappa shape index (κ2) is 5.46. The van der Waals surface area contributed by atoms with Gasteiger partial charge in [0, 0.05) is 19.1 Å². The van der Waals surface area contributed by atoms with Crippen molar-refractivity contribution in [2.75, 3.05) is 25.6 Å². The molecule has 2 rings (SSSR count). The molecule has 94 valence electrons. The van der Waals surface area contributed by atoms with Gasteiger partial charge in [0.2, 0.25) is 0 Å². The number of hydrogen-bond acceptors (Lipinski definition) is 6. The molecule has 1 aromatic rings. The molecule has 0 amide bonds. The molecule has 1 saturated heterocycles. The van der Waals surface area contributed by atoms with Crippen LogP contribution < -0.4 is 5.73 Å². The summed E-state index contributed by atoms with van der Waals surface area (Å²) < 4.78 is 10.2. The zero-order valence-corrected chi connectivity index (χ0v) is 10.6. The minimum absolute atomic E-state index is 0.262. The summed E-state index contributed by atoms with van der Waals surface area (Å²) in [4.78, 5) is 15.9. The van der Waals surface area contributed by atoms with Gasteiger partial charge in [0.25, 0.3) is 0 Å².